The van der Waals surface area contributed by atoms with E-state index in [2.05, 4.69) is 9.97 Å². The number of nitrogens with zero attached hydrogens (tertiary/aromatic N) is 3. The van der Waals surface area contributed by atoms with Crippen LogP contribution in [0.25, 0.3) is 33.5 Å². The van der Waals surface area contributed by atoms with Gasteiger partial charge in [-0.15, -0.1) is 0 Å². The van der Waals surface area contributed by atoms with E-state index in [1.165, 1.54) is 12.1 Å². The van der Waals surface area contributed by atoms with E-state index in [-0.39, 0.29) is 5.82 Å². The molecule has 0 unspecified atom stereocenters. The SMILES string of the molecule is Fc1ccc(-c2ccc3ncnc(-c4ccccc4)c3n2)cc1. The highest BCUT2D eigenvalue weighted by atomic mass is 19.1. The number of rotatable bonds is 2. The summed E-state index contributed by atoms with van der Waals surface area (Å²) in [6, 6.07) is 20.0. The Labute approximate surface area is 132 Å². The number of hydrogen-bond donors (Lipinski definition) is 0. The number of fused-ring (bicyclic) bond motifs is 1. The van der Waals surface area contributed by atoms with Gasteiger partial charge < -0.3 is 0 Å². The first-order valence-corrected chi connectivity index (χ1v) is 7.24. The van der Waals surface area contributed by atoms with Crippen molar-refractivity contribution in [3.05, 3.63) is 78.9 Å². The smallest absolute Gasteiger partial charge is 0.123 e. The van der Waals surface area contributed by atoms with Gasteiger partial charge in [0.15, 0.2) is 0 Å². The van der Waals surface area contributed by atoms with Crippen LogP contribution in [0.2, 0.25) is 0 Å². The van der Waals surface area contributed by atoms with Crippen LogP contribution in [-0.2, 0) is 0 Å². The van der Waals surface area contributed by atoms with Crippen molar-refractivity contribution >= 4 is 11.0 Å². The van der Waals surface area contributed by atoms with Gasteiger partial charge in [0.25, 0.3) is 0 Å². The third-order valence-electron chi connectivity index (χ3n) is 3.67. The monoisotopic (exact) mass is 301 g/mol. The molecular weight excluding hydrogens is 289 g/mol. The Kier molecular flexibility index (Phi) is 3.27. The van der Waals surface area contributed by atoms with Crippen molar-refractivity contribution in [3.8, 4) is 22.5 Å². The summed E-state index contributed by atoms with van der Waals surface area (Å²) in [6.45, 7) is 0. The Morgan fingerprint density at radius 3 is 2.26 bits per heavy atom. The summed E-state index contributed by atoms with van der Waals surface area (Å²) in [5, 5.41) is 0. The molecule has 0 spiro atoms. The molecule has 0 aliphatic carbocycles. The Hall–Kier alpha value is -3.14. The largest absolute Gasteiger partial charge is 0.244 e. The van der Waals surface area contributed by atoms with Crippen molar-refractivity contribution < 1.29 is 4.39 Å². The lowest BCUT2D eigenvalue weighted by molar-refractivity contribution is 0.628. The second-order valence-electron chi connectivity index (χ2n) is 5.16. The van der Waals surface area contributed by atoms with Crippen LogP contribution in [0.5, 0.6) is 0 Å². The molecule has 2 aromatic heterocycles. The molecule has 3 nitrogen and oxygen atoms in total. The first-order valence-electron chi connectivity index (χ1n) is 7.24. The van der Waals surface area contributed by atoms with E-state index in [0.717, 1.165) is 33.5 Å². The quantitative estimate of drug-likeness (QED) is 0.547. The Morgan fingerprint density at radius 1 is 0.696 bits per heavy atom. The lowest BCUT2D eigenvalue weighted by Gasteiger charge is -2.07. The van der Waals surface area contributed by atoms with Crippen molar-refractivity contribution in [2.75, 3.05) is 0 Å². The lowest BCUT2D eigenvalue weighted by atomic mass is 10.1. The van der Waals surface area contributed by atoms with E-state index in [4.69, 9.17) is 4.98 Å². The minimum Gasteiger partial charge on any atom is -0.244 e. The first-order chi connectivity index (χ1) is 11.3. The Balaban J connectivity index is 1.92. The van der Waals surface area contributed by atoms with Crippen LogP contribution >= 0.6 is 0 Å². The van der Waals surface area contributed by atoms with Crippen LogP contribution in [0.1, 0.15) is 0 Å². The maximum Gasteiger partial charge on any atom is 0.123 e. The van der Waals surface area contributed by atoms with E-state index in [9.17, 15) is 4.39 Å². The van der Waals surface area contributed by atoms with Gasteiger partial charge in [-0.2, -0.15) is 0 Å². The number of aromatic nitrogens is 3. The van der Waals surface area contributed by atoms with Crippen LogP contribution < -0.4 is 0 Å². The second kappa shape index (κ2) is 5.57. The molecule has 0 radical (unpaired) electrons. The molecule has 4 heteroatoms. The van der Waals surface area contributed by atoms with Gasteiger partial charge in [-0.1, -0.05) is 30.3 Å². The van der Waals surface area contributed by atoms with Crippen LogP contribution in [0.4, 0.5) is 4.39 Å². The molecule has 4 rings (SSSR count). The Bertz CT molecular complexity index is 967. The normalized spacial score (nSPS) is 10.8. The summed E-state index contributed by atoms with van der Waals surface area (Å²) in [5.41, 5.74) is 4.93. The number of benzene rings is 2. The second-order valence-corrected chi connectivity index (χ2v) is 5.16. The zero-order chi connectivity index (χ0) is 15.6. The molecule has 0 amide bonds. The highest BCUT2D eigenvalue weighted by Gasteiger charge is 2.09. The minimum atomic E-state index is -0.261. The maximum atomic E-state index is 13.1. The minimum absolute atomic E-state index is 0.261. The first kappa shape index (κ1) is 13.5. The van der Waals surface area contributed by atoms with Crippen molar-refractivity contribution in [1.82, 2.24) is 15.0 Å². The Morgan fingerprint density at radius 2 is 1.48 bits per heavy atom. The molecule has 4 aromatic rings. The molecule has 0 saturated heterocycles. The zero-order valence-corrected chi connectivity index (χ0v) is 12.1. The van der Waals surface area contributed by atoms with E-state index < -0.39 is 0 Å². The fourth-order valence-corrected chi connectivity index (χ4v) is 2.53. The summed E-state index contributed by atoms with van der Waals surface area (Å²) in [7, 11) is 0. The average molecular weight is 301 g/mol. The molecule has 2 heterocycles. The van der Waals surface area contributed by atoms with Crippen molar-refractivity contribution in [2.24, 2.45) is 0 Å². The summed E-state index contributed by atoms with van der Waals surface area (Å²) < 4.78 is 13.1. The summed E-state index contributed by atoms with van der Waals surface area (Å²) in [4.78, 5) is 13.4. The molecule has 23 heavy (non-hydrogen) atoms. The third kappa shape index (κ3) is 2.55. The molecule has 0 fully saturated rings. The molecule has 110 valence electrons. The van der Waals surface area contributed by atoms with Crippen LogP contribution in [-0.4, -0.2) is 15.0 Å². The highest BCUT2D eigenvalue weighted by molar-refractivity contribution is 5.90. The molecule has 0 atom stereocenters. The van der Waals surface area contributed by atoms with Gasteiger partial charge in [0.1, 0.15) is 17.7 Å². The van der Waals surface area contributed by atoms with Crippen molar-refractivity contribution in [1.29, 1.82) is 0 Å². The lowest BCUT2D eigenvalue weighted by Crippen LogP contribution is -1.93. The zero-order valence-electron chi connectivity index (χ0n) is 12.1. The van der Waals surface area contributed by atoms with Crippen molar-refractivity contribution in [3.63, 3.8) is 0 Å². The molecule has 0 aliphatic heterocycles. The summed E-state index contributed by atoms with van der Waals surface area (Å²) in [6.07, 6.45) is 1.55. The predicted octanol–water partition coefficient (Wildman–Crippen LogP) is 4.50. The molecule has 0 N–H and O–H groups in total. The number of halogens is 1. The van der Waals surface area contributed by atoms with Gasteiger partial charge in [0.05, 0.1) is 16.9 Å². The average Bonchev–Trinajstić information content (AvgIpc) is 2.62. The molecule has 0 aliphatic rings. The molecule has 0 saturated carbocycles. The number of hydrogen-bond acceptors (Lipinski definition) is 3. The van der Waals surface area contributed by atoms with E-state index in [1.807, 2.05) is 42.5 Å². The van der Waals surface area contributed by atoms with Gasteiger partial charge in [0, 0.05) is 11.1 Å². The fraction of sp³-hybridized carbons (Fsp3) is 0. The summed E-state index contributed by atoms with van der Waals surface area (Å²) in [5.74, 6) is -0.261. The van der Waals surface area contributed by atoms with Gasteiger partial charge in [0.2, 0.25) is 0 Å². The third-order valence-corrected chi connectivity index (χ3v) is 3.67. The molecule has 2 aromatic carbocycles. The molecular formula is C19H12FN3. The highest BCUT2D eigenvalue weighted by Crippen LogP contribution is 2.26. The van der Waals surface area contributed by atoms with Gasteiger partial charge in [-0.25, -0.2) is 19.3 Å². The van der Waals surface area contributed by atoms with E-state index >= 15 is 0 Å². The van der Waals surface area contributed by atoms with Crippen LogP contribution in [0, 0.1) is 5.82 Å². The van der Waals surface area contributed by atoms with Gasteiger partial charge in [-0.05, 0) is 36.4 Å². The van der Waals surface area contributed by atoms with Crippen LogP contribution in [0.3, 0.4) is 0 Å². The van der Waals surface area contributed by atoms with E-state index in [1.54, 1.807) is 18.5 Å². The van der Waals surface area contributed by atoms with E-state index in [0.29, 0.717) is 0 Å². The summed E-state index contributed by atoms with van der Waals surface area (Å²) >= 11 is 0. The van der Waals surface area contributed by atoms with Crippen LogP contribution in [0.15, 0.2) is 73.1 Å². The molecule has 0 bridgehead atoms. The van der Waals surface area contributed by atoms with Crippen molar-refractivity contribution in [2.45, 2.75) is 0 Å². The predicted molar refractivity (Wildman–Crippen MR) is 88.2 cm³/mol. The standard InChI is InChI=1S/C19H12FN3/c20-15-8-6-13(7-9-15)16-10-11-17-19(23-16)18(22-12-21-17)14-4-2-1-3-5-14/h1-12H. The van der Waals surface area contributed by atoms with Gasteiger partial charge >= 0.3 is 0 Å². The topological polar surface area (TPSA) is 38.7 Å². The number of pyridine rings is 1. The van der Waals surface area contributed by atoms with Gasteiger partial charge in [-0.3, -0.25) is 0 Å². The maximum absolute atomic E-state index is 13.1. The fourth-order valence-electron chi connectivity index (χ4n) is 2.53.